The summed E-state index contributed by atoms with van der Waals surface area (Å²) in [5.74, 6) is 0.311. The first-order valence-corrected chi connectivity index (χ1v) is 8.98. The number of alkyl halides is 3. The van der Waals surface area contributed by atoms with Gasteiger partial charge < -0.3 is 20.7 Å². The molecule has 0 radical (unpaired) electrons. The van der Waals surface area contributed by atoms with E-state index in [4.69, 9.17) is 51.8 Å². The molecule has 2 rings (SSSR count). The van der Waals surface area contributed by atoms with Gasteiger partial charge in [0.1, 0.15) is 11.9 Å². The third-order valence-corrected chi connectivity index (χ3v) is 4.14. The second-order valence-corrected chi connectivity index (χ2v) is 7.92. The van der Waals surface area contributed by atoms with Crippen LogP contribution in [0.4, 0.5) is 5.69 Å². The zero-order valence-electron chi connectivity index (χ0n) is 13.6. The highest BCUT2D eigenvalue weighted by Gasteiger charge is 2.34. The number of thiocarbonyl (C=S) groups is 1. The van der Waals surface area contributed by atoms with Crippen LogP contribution >= 0.6 is 47.0 Å². The van der Waals surface area contributed by atoms with Gasteiger partial charge in [-0.1, -0.05) is 53.0 Å². The minimum Gasteiger partial charge on any atom is -0.497 e. The Morgan fingerprint density at radius 1 is 1.04 bits per heavy atom. The predicted molar refractivity (Wildman–Crippen MR) is 110 cm³/mol. The molecule has 2 aromatic rings. The van der Waals surface area contributed by atoms with Crippen molar-refractivity contribution in [3.05, 3.63) is 60.2 Å². The van der Waals surface area contributed by atoms with Crippen LogP contribution in [0.2, 0.25) is 0 Å². The zero-order chi connectivity index (χ0) is 19.2. The first-order valence-electron chi connectivity index (χ1n) is 7.44. The van der Waals surface area contributed by atoms with Crippen LogP contribution in [-0.2, 0) is 0 Å². The van der Waals surface area contributed by atoms with Gasteiger partial charge in [-0.2, -0.15) is 0 Å². The lowest BCUT2D eigenvalue weighted by atomic mass is 10.2. The molecule has 0 fully saturated rings. The molecule has 138 valence electrons. The number of halogens is 3. The highest BCUT2D eigenvalue weighted by molar-refractivity contribution is 7.80. The number of benzene rings is 2. The molecule has 0 bridgehead atoms. The van der Waals surface area contributed by atoms with E-state index in [-0.39, 0.29) is 5.11 Å². The van der Waals surface area contributed by atoms with Crippen molar-refractivity contribution < 1.29 is 9.53 Å². The maximum absolute atomic E-state index is 12.3. The van der Waals surface area contributed by atoms with Crippen molar-refractivity contribution >= 4 is 63.7 Å². The highest BCUT2D eigenvalue weighted by Crippen LogP contribution is 2.29. The van der Waals surface area contributed by atoms with Crippen LogP contribution in [0.25, 0.3) is 0 Å². The number of carbonyl (C=O) groups excluding carboxylic acids is 1. The summed E-state index contributed by atoms with van der Waals surface area (Å²) >= 11 is 23.1. The van der Waals surface area contributed by atoms with E-state index >= 15 is 0 Å². The van der Waals surface area contributed by atoms with Crippen molar-refractivity contribution in [1.29, 1.82) is 0 Å². The maximum Gasteiger partial charge on any atom is 0.252 e. The highest BCUT2D eigenvalue weighted by atomic mass is 35.6. The van der Waals surface area contributed by atoms with Crippen molar-refractivity contribution in [2.24, 2.45) is 0 Å². The van der Waals surface area contributed by atoms with Gasteiger partial charge in [0.2, 0.25) is 3.79 Å². The van der Waals surface area contributed by atoms with Crippen molar-refractivity contribution in [3.63, 3.8) is 0 Å². The standard InChI is InChI=1S/C17H16Cl3N3O2S/c1-25-13-9-7-12(8-10-13)21-16(26)23-15(17(18,19)20)22-14(24)11-5-3-2-4-6-11/h2-10,15H,1H3,(H,22,24)(H2,21,23,26). The average Bonchev–Trinajstić information content (AvgIpc) is 2.61. The van der Waals surface area contributed by atoms with Gasteiger partial charge in [-0.25, -0.2) is 0 Å². The molecule has 0 aromatic heterocycles. The van der Waals surface area contributed by atoms with E-state index in [0.717, 1.165) is 0 Å². The first kappa shape index (κ1) is 20.6. The minimum absolute atomic E-state index is 0.180. The number of anilines is 1. The predicted octanol–water partition coefficient (Wildman–Crippen LogP) is 4.11. The van der Waals surface area contributed by atoms with Gasteiger partial charge in [0.05, 0.1) is 7.11 Å². The molecule has 9 heteroatoms. The van der Waals surface area contributed by atoms with E-state index in [1.54, 1.807) is 61.7 Å². The summed E-state index contributed by atoms with van der Waals surface area (Å²) in [4.78, 5) is 12.3. The van der Waals surface area contributed by atoms with Crippen molar-refractivity contribution in [2.75, 3.05) is 12.4 Å². The number of amides is 1. The van der Waals surface area contributed by atoms with Crippen LogP contribution in [-0.4, -0.2) is 28.1 Å². The Hall–Kier alpha value is -1.73. The van der Waals surface area contributed by atoms with Gasteiger partial charge in [-0.05, 0) is 48.6 Å². The molecule has 26 heavy (non-hydrogen) atoms. The number of nitrogens with one attached hydrogen (secondary N) is 3. The molecule has 1 atom stereocenters. The van der Waals surface area contributed by atoms with E-state index in [9.17, 15) is 4.79 Å². The molecule has 1 amide bonds. The summed E-state index contributed by atoms with van der Waals surface area (Å²) in [7, 11) is 1.58. The van der Waals surface area contributed by atoms with Crippen LogP contribution in [0.3, 0.4) is 0 Å². The fourth-order valence-electron chi connectivity index (χ4n) is 1.98. The Labute approximate surface area is 172 Å². The van der Waals surface area contributed by atoms with E-state index in [2.05, 4.69) is 16.0 Å². The van der Waals surface area contributed by atoms with Gasteiger partial charge in [0, 0.05) is 11.3 Å². The molecular weight excluding hydrogens is 417 g/mol. The van der Waals surface area contributed by atoms with Crippen molar-refractivity contribution in [3.8, 4) is 5.75 Å². The quantitative estimate of drug-likeness (QED) is 0.377. The topological polar surface area (TPSA) is 62.4 Å². The minimum atomic E-state index is -1.82. The van der Waals surface area contributed by atoms with Gasteiger partial charge in [0.15, 0.2) is 5.11 Å². The number of hydrogen-bond donors (Lipinski definition) is 3. The number of carbonyl (C=O) groups is 1. The SMILES string of the molecule is COc1ccc(NC(=S)NC(NC(=O)c2ccccc2)C(Cl)(Cl)Cl)cc1. The second-order valence-electron chi connectivity index (χ2n) is 5.14. The van der Waals surface area contributed by atoms with E-state index in [1.807, 2.05) is 0 Å². The lowest BCUT2D eigenvalue weighted by Gasteiger charge is -2.27. The second kappa shape index (κ2) is 9.28. The molecule has 3 N–H and O–H groups in total. The Bertz CT molecular complexity index is 752. The number of rotatable bonds is 5. The molecule has 0 aliphatic carbocycles. The molecular formula is C17H16Cl3N3O2S. The van der Waals surface area contributed by atoms with Crippen LogP contribution in [0.1, 0.15) is 10.4 Å². The van der Waals surface area contributed by atoms with Gasteiger partial charge in [-0.3, -0.25) is 4.79 Å². The molecule has 0 saturated carbocycles. The Morgan fingerprint density at radius 3 is 2.19 bits per heavy atom. The van der Waals surface area contributed by atoms with Gasteiger partial charge >= 0.3 is 0 Å². The number of methoxy groups -OCH3 is 1. The third kappa shape index (κ3) is 6.21. The summed E-state index contributed by atoms with van der Waals surface area (Å²) in [6, 6.07) is 15.7. The molecule has 0 spiro atoms. The average molecular weight is 433 g/mol. The Balaban J connectivity index is 2.02. The lowest BCUT2D eigenvalue weighted by molar-refractivity contribution is 0.0934. The first-order chi connectivity index (χ1) is 12.3. The molecule has 5 nitrogen and oxygen atoms in total. The molecule has 0 aliphatic rings. The Morgan fingerprint density at radius 2 is 1.65 bits per heavy atom. The van der Waals surface area contributed by atoms with Crippen molar-refractivity contribution in [2.45, 2.75) is 9.96 Å². The maximum atomic E-state index is 12.3. The summed E-state index contributed by atoms with van der Waals surface area (Å²) in [6.45, 7) is 0. The van der Waals surface area contributed by atoms with E-state index in [0.29, 0.717) is 17.0 Å². The van der Waals surface area contributed by atoms with Crippen LogP contribution < -0.4 is 20.7 Å². The van der Waals surface area contributed by atoms with Gasteiger partial charge in [0.25, 0.3) is 5.91 Å². The van der Waals surface area contributed by atoms with Crippen LogP contribution in [0, 0.1) is 0 Å². The fourth-order valence-corrected chi connectivity index (χ4v) is 2.54. The zero-order valence-corrected chi connectivity index (χ0v) is 16.7. The normalized spacial score (nSPS) is 12.0. The molecule has 0 heterocycles. The molecule has 1 unspecified atom stereocenters. The largest absolute Gasteiger partial charge is 0.497 e. The monoisotopic (exact) mass is 431 g/mol. The third-order valence-electron chi connectivity index (χ3n) is 3.26. The molecule has 0 saturated heterocycles. The molecule has 0 aliphatic heterocycles. The van der Waals surface area contributed by atoms with E-state index in [1.165, 1.54) is 0 Å². The smallest absolute Gasteiger partial charge is 0.252 e. The van der Waals surface area contributed by atoms with E-state index < -0.39 is 15.9 Å². The lowest BCUT2D eigenvalue weighted by Crippen LogP contribution is -2.56. The number of ether oxygens (including phenoxy) is 1. The summed E-state index contributed by atoms with van der Waals surface area (Å²) in [5, 5.41) is 8.54. The summed E-state index contributed by atoms with van der Waals surface area (Å²) < 4.78 is 3.27. The number of hydrogen-bond acceptors (Lipinski definition) is 3. The van der Waals surface area contributed by atoms with Crippen LogP contribution in [0.5, 0.6) is 5.75 Å². The summed E-state index contributed by atoms with van der Waals surface area (Å²) in [6.07, 6.45) is -1.04. The Kier molecular flexibility index (Phi) is 7.34. The van der Waals surface area contributed by atoms with Gasteiger partial charge in [-0.15, -0.1) is 0 Å². The van der Waals surface area contributed by atoms with Crippen LogP contribution in [0.15, 0.2) is 54.6 Å². The summed E-state index contributed by atoms with van der Waals surface area (Å²) in [5.41, 5.74) is 1.14. The molecule has 2 aromatic carbocycles. The fraction of sp³-hybridized carbons (Fsp3) is 0.176. The van der Waals surface area contributed by atoms with Crippen molar-refractivity contribution in [1.82, 2.24) is 10.6 Å².